The van der Waals surface area contributed by atoms with E-state index in [2.05, 4.69) is 18.2 Å². The van der Waals surface area contributed by atoms with E-state index in [0.29, 0.717) is 13.0 Å². The lowest BCUT2D eigenvalue weighted by atomic mass is 10.0. The van der Waals surface area contributed by atoms with Gasteiger partial charge in [-0.15, -0.1) is 0 Å². The third-order valence-corrected chi connectivity index (χ3v) is 3.63. The molecule has 0 atom stereocenters. The number of aryl methyl sites for hydroxylation is 1. The summed E-state index contributed by atoms with van der Waals surface area (Å²) in [5.74, 6) is 0.970. The van der Waals surface area contributed by atoms with Crippen LogP contribution in [0.25, 0.3) is 0 Å². The van der Waals surface area contributed by atoms with Crippen LogP contribution in [0, 0.1) is 6.92 Å². The number of carbonyl (C=O) groups is 1. The molecule has 112 valence electrons. The summed E-state index contributed by atoms with van der Waals surface area (Å²) in [4.78, 5) is 13.4. The molecule has 21 heavy (non-hydrogen) atoms. The van der Waals surface area contributed by atoms with E-state index in [1.54, 1.807) is 19.0 Å². The number of hydrogen-bond acceptors (Lipinski definition) is 2. The van der Waals surface area contributed by atoms with Gasteiger partial charge in [-0.1, -0.05) is 24.3 Å². The van der Waals surface area contributed by atoms with Crippen LogP contribution >= 0.6 is 0 Å². The molecule has 0 radical (unpaired) electrons. The van der Waals surface area contributed by atoms with Gasteiger partial charge in [0.05, 0.1) is 6.42 Å². The molecule has 0 unspecified atom stereocenters. The van der Waals surface area contributed by atoms with Gasteiger partial charge in [0.1, 0.15) is 12.4 Å². The molecule has 0 fully saturated rings. The van der Waals surface area contributed by atoms with E-state index in [1.165, 1.54) is 5.57 Å². The second kappa shape index (κ2) is 7.11. The summed E-state index contributed by atoms with van der Waals surface area (Å²) in [7, 11) is 3.56. The Morgan fingerprint density at radius 2 is 2.10 bits per heavy atom. The van der Waals surface area contributed by atoms with Gasteiger partial charge in [0.25, 0.3) is 0 Å². The monoisotopic (exact) mass is 285 g/mol. The molecule has 0 N–H and O–H groups in total. The van der Waals surface area contributed by atoms with Crippen LogP contribution in [0.2, 0.25) is 0 Å². The minimum Gasteiger partial charge on any atom is -0.489 e. The van der Waals surface area contributed by atoms with Crippen LogP contribution in [0.15, 0.2) is 42.0 Å². The predicted molar refractivity (Wildman–Crippen MR) is 85.5 cm³/mol. The fourth-order valence-corrected chi connectivity index (χ4v) is 2.22. The molecule has 0 saturated heterocycles. The lowest BCUT2D eigenvalue weighted by Crippen LogP contribution is -2.23. The SMILES string of the molecule is Cc1cc(OCC2=CCCC=C2)ccc1CC(=O)N(C)C. The Kier molecular flexibility index (Phi) is 5.20. The molecular formula is C18H23NO2. The normalized spacial score (nSPS) is 13.8. The van der Waals surface area contributed by atoms with Gasteiger partial charge >= 0.3 is 0 Å². The fourth-order valence-electron chi connectivity index (χ4n) is 2.22. The van der Waals surface area contributed by atoms with Crippen LogP contribution in [0.5, 0.6) is 5.75 Å². The fraction of sp³-hybridized carbons (Fsp3) is 0.389. The summed E-state index contributed by atoms with van der Waals surface area (Å²) in [6, 6.07) is 5.93. The Bertz CT molecular complexity index is 571. The van der Waals surface area contributed by atoms with E-state index in [9.17, 15) is 4.79 Å². The average molecular weight is 285 g/mol. The molecule has 1 aromatic rings. The average Bonchev–Trinajstić information content (AvgIpc) is 2.48. The molecule has 3 heteroatoms. The van der Waals surface area contributed by atoms with Gasteiger partial charge in [0.2, 0.25) is 5.91 Å². The highest BCUT2D eigenvalue weighted by atomic mass is 16.5. The third kappa shape index (κ3) is 4.48. The van der Waals surface area contributed by atoms with Crippen molar-refractivity contribution in [3.8, 4) is 5.75 Å². The van der Waals surface area contributed by atoms with Crippen LogP contribution in [0.3, 0.4) is 0 Å². The summed E-state index contributed by atoms with van der Waals surface area (Å²) in [6.45, 7) is 2.62. The second-order valence-electron chi connectivity index (χ2n) is 5.60. The molecule has 1 amide bonds. The first-order chi connectivity index (χ1) is 10.1. The van der Waals surface area contributed by atoms with Crippen LogP contribution < -0.4 is 4.74 Å². The van der Waals surface area contributed by atoms with Crippen molar-refractivity contribution in [2.75, 3.05) is 20.7 Å². The first-order valence-corrected chi connectivity index (χ1v) is 7.34. The van der Waals surface area contributed by atoms with Crippen LogP contribution in [0.4, 0.5) is 0 Å². The maximum atomic E-state index is 11.8. The van der Waals surface area contributed by atoms with Crippen LogP contribution in [-0.2, 0) is 11.2 Å². The molecule has 1 aromatic carbocycles. The lowest BCUT2D eigenvalue weighted by Gasteiger charge is -2.14. The zero-order chi connectivity index (χ0) is 15.2. The van der Waals surface area contributed by atoms with E-state index < -0.39 is 0 Å². The number of allylic oxidation sites excluding steroid dienone is 2. The topological polar surface area (TPSA) is 29.5 Å². The Morgan fingerprint density at radius 1 is 1.29 bits per heavy atom. The van der Waals surface area contributed by atoms with Gasteiger partial charge in [-0.3, -0.25) is 4.79 Å². The molecule has 3 nitrogen and oxygen atoms in total. The van der Waals surface area contributed by atoms with Crippen molar-refractivity contribution in [2.24, 2.45) is 0 Å². The number of ether oxygens (including phenoxy) is 1. The van der Waals surface area contributed by atoms with E-state index in [1.807, 2.05) is 25.1 Å². The standard InChI is InChI=1S/C18H23NO2/c1-14-11-17(21-13-15-7-5-4-6-8-15)10-9-16(14)12-18(20)19(2)3/h5,7-11H,4,6,12-13H2,1-3H3. The molecule has 1 aliphatic rings. The van der Waals surface area contributed by atoms with Crippen molar-refractivity contribution in [1.82, 2.24) is 4.90 Å². The van der Waals surface area contributed by atoms with Crippen molar-refractivity contribution in [3.63, 3.8) is 0 Å². The Hall–Kier alpha value is -2.03. The van der Waals surface area contributed by atoms with Gasteiger partial charge in [-0.05, 0) is 48.6 Å². The van der Waals surface area contributed by atoms with E-state index in [4.69, 9.17) is 4.74 Å². The molecule has 0 spiro atoms. The predicted octanol–water partition coefficient (Wildman–Crippen LogP) is 3.28. The number of likely N-dealkylation sites (N-methyl/N-ethyl adjacent to an activating group) is 1. The largest absolute Gasteiger partial charge is 0.489 e. The van der Waals surface area contributed by atoms with Crippen molar-refractivity contribution in [1.29, 1.82) is 0 Å². The maximum Gasteiger partial charge on any atom is 0.226 e. The highest BCUT2D eigenvalue weighted by Gasteiger charge is 2.09. The van der Waals surface area contributed by atoms with E-state index >= 15 is 0 Å². The number of nitrogens with zero attached hydrogens (tertiary/aromatic N) is 1. The number of carbonyl (C=O) groups excluding carboxylic acids is 1. The molecule has 0 saturated carbocycles. The lowest BCUT2D eigenvalue weighted by molar-refractivity contribution is -0.127. The maximum absolute atomic E-state index is 11.8. The highest BCUT2D eigenvalue weighted by Crippen LogP contribution is 2.19. The minimum absolute atomic E-state index is 0.115. The van der Waals surface area contributed by atoms with Crippen molar-refractivity contribution >= 4 is 5.91 Å². The number of hydrogen-bond donors (Lipinski definition) is 0. The van der Waals surface area contributed by atoms with Crippen molar-refractivity contribution in [3.05, 3.63) is 53.1 Å². The van der Waals surface area contributed by atoms with E-state index in [-0.39, 0.29) is 5.91 Å². The van der Waals surface area contributed by atoms with Crippen LogP contribution in [0.1, 0.15) is 24.0 Å². The number of rotatable bonds is 5. The quantitative estimate of drug-likeness (QED) is 0.831. The second-order valence-corrected chi connectivity index (χ2v) is 5.60. The molecule has 0 heterocycles. The van der Waals surface area contributed by atoms with Crippen molar-refractivity contribution in [2.45, 2.75) is 26.2 Å². The van der Waals surface area contributed by atoms with E-state index in [0.717, 1.165) is 29.7 Å². The Morgan fingerprint density at radius 3 is 2.71 bits per heavy atom. The van der Waals surface area contributed by atoms with Crippen LogP contribution in [-0.4, -0.2) is 31.5 Å². The smallest absolute Gasteiger partial charge is 0.226 e. The van der Waals surface area contributed by atoms with Gasteiger partial charge in [-0.25, -0.2) is 0 Å². The summed E-state index contributed by atoms with van der Waals surface area (Å²) < 4.78 is 5.82. The first kappa shape index (κ1) is 15.4. The number of benzene rings is 1. The Balaban J connectivity index is 1.97. The molecule has 0 bridgehead atoms. The Labute approximate surface area is 126 Å². The molecule has 1 aliphatic carbocycles. The number of amides is 1. The van der Waals surface area contributed by atoms with Gasteiger partial charge in [-0.2, -0.15) is 0 Å². The molecule has 0 aromatic heterocycles. The van der Waals surface area contributed by atoms with Gasteiger partial charge in [0.15, 0.2) is 0 Å². The zero-order valence-electron chi connectivity index (χ0n) is 13.1. The minimum atomic E-state index is 0.115. The molecular weight excluding hydrogens is 262 g/mol. The molecule has 0 aliphatic heterocycles. The summed E-state index contributed by atoms with van der Waals surface area (Å²) in [5, 5.41) is 0. The first-order valence-electron chi connectivity index (χ1n) is 7.34. The van der Waals surface area contributed by atoms with Gasteiger partial charge in [0, 0.05) is 14.1 Å². The summed E-state index contributed by atoms with van der Waals surface area (Å²) in [6.07, 6.45) is 9.18. The summed E-state index contributed by atoms with van der Waals surface area (Å²) in [5.41, 5.74) is 3.37. The molecule has 2 rings (SSSR count). The van der Waals surface area contributed by atoms with Crippen molar-refractivity contribution < 1.29 is 9.53 Å². The highest BCUT2D eigenvalue weighted by molar-refractivity contribution is 5.78. The summed E-state index contributed by atoms with van der Waals surface area (Å²) >= 11 is 0. The third-order valence-electron chi connectivity index (χ3n) is 3.63. The zero-order valence-corrected chi connectivity index (χ0v) is 13.1. The van der Waals surface area contributed by atoms with Gasteiger partial charge < -0.3 is 9.64 Å².